The van der Waals surface area contributed by atoms with E-state index in [0.717, 1.165) is 27.6 Å². The molecule has 186 valence electrons. The van der Waals surface area contributed by atoms with E-state index in [0.29, 0.717) is 13.2 Å². The highest BCUT2D eigenvalue weighted by Crippen LogP contribution is 2.28. The van der Waals surface area contributed by atoms with Gasteiger partial charge in [0.25, 0.3) is 0 Å². The number of carbonyl (C=O) groups is 1. The van der Waals surface area contributed by atoms with Gasteiger partial charge in [-0.25, -0.2) is 0 Å². The third kappa shape index (κ3) is 7.05. The highest BCUT2D eigenvalue weighted by atomic mass is 35.5. The fourth-order valence-corrected chi connectivity index (χ4v) is 3.75. The normalized spacial score (nSPS) is 11.3. The largest absolute Gasteiger partial charge is 0.506 e. The number of phenols is 1. The number of phenolic OH excluding ortho intramolecular Hbond substituents is 1. The second kappa shape index (κ2) is 13.3. The van der Waals surface area contributed by atoms with E-state index in [1.165, 1.54) is 24.4 Å². The quantitative estimate of drug-likeness (QED) is 0.166. The molecule has 0 bridgehead atoms. The summed E-state index contributed by atoms with van der Waals surface area (Å²) in [4.78, 5) is 10.5. The summed E-state index contributed by atoms with van der Waals surface area (Å²) in [7, 11) is 0. The van der Waals surface area contributed by atoms with Gasteiger partial charge in [-0.05, 0) is 41.3 Å². The standard InChI is InChI=1S/C21H22N2O2.C7H6ClNO2/c22-14-17-10-11-21(19-9-5-4-8-18(17)19)25-13-12-23-20(15-24)16-6-2-1-3-7-16;8-5-3-4(7(9)11)1-2-6(5)10/h1-11,14,20,22-24H,12-13,15H2;1-3,10H,(H2,9,11). The Morgan fingerprint density at radius 3 is 2.36 bits per heavy atom. The van der Waals surface area contributed by atoms with Crippen LogP contribution in [0, 0.1) is 5.41 Å². The van der Waals surface area contributed by atoms with Crippen molar-refractivity contribution in [1.82, 2.24) is 5.32 Å². The van der Waals surface area contributed by atoms with Crippen LogP contribution in [0.15, 0.2) is 84.9 Å². The van der Waals surface area contributed by atoms with Crippen molar-refractivity contribution in [1.29, 1.82) is 5.41 Å². The topological polar surface area (TPSA) is 129 Å². The Hall–Kier alpha value is -3.91. The number of carbonyl (C=O) groups excluding carboxylic acids is 1. The molecule has 0 aliphatic heterocycles. The van der Waals surface area contributed by atoms with Crippen LogP contribution < -0.4 is 15.8 Å². The SMILES string of the molecule is N=Cc1ccc(OCCNC(CO)c2ccccc2)c2ccccc12.NC(=O)c1ccc(O)c(Cl)c1. The van der Waals surface area contributed by atoms with E-state index in [-0.39, 0.29) is 29.0 Å². The number of hydrogen-bond donors (Lipinski definition) is 5. The average Bonchev–Trinajstić information content (AvgIpc) is 2.91. The predicted molar refractivity (Wildman–Crippen MR) is 143 cm³/mol. The van der Waals surface area contributed by atoms with Gasteiger partial charge in [-0.15, -0.1) is 0 Å². The van der Waals surface area contributed by atoms with Gasteiger partial charge >= 0.3 is 0 Å². The van der Waals surface area contributed by atoms with E-state index < -0.39 is 5.91 Å². The Balaban J connectivity index is 0.000000275. The molecule has 0 aromatic heterocycles. The number of primary amides is 1. The zero-order chi connectivity index (χ0) is 25.9. The van der Waals surface area contributed by atoms with Gasteiger partial charge in [0.15, 0.2) is 0 Å². The molecule has 0 heterocycles. The molecule has 4 aromatic rings. The van der Waals surface area contributed by atoms with Gasteiger partial charge < -0.3 is 31.4 Å². The lowest BCUT2D eigenvalue weighted by atomic mass is 10.0. The Morgan fingerprint density at radius 2 is 1.72 bits per heavy atom. The lowest BCUT2D eigenvalue weighted by molar-refractivity contribution is 0.1000. The van der Waals surface area contributed by atoms with Gasteiger partial charge in [0, 0.05) is 29.3 Å². The molecule has 6 N–H and O–H groups in total. The summed E-state index contributed by atoms with van der Waals surface area (Å²) < 4.78 is 5.93. The molecule has 7 nitrogen and oxygen atoms in total. The van der Waals surface area contributed by atoms with Crippen molar-refractivity contribution < 1.29 is 19.7 Å². The highest BCUT2D eigenvalue weighted by molar-refractivity contribution is 6.32. The first-order valence-corrected chi connectivity index (χ1v) is 11.6. The smallest absolute Gasteiger partial charge is 0.248 e. The maximum Gasteiger partial charge on any atom is 0.248 e. The van der Waals surface area contributed by atoms with Crippen LogP contribution in [-0.2, 0) is 0 Å². The predicted octanol–water partition coefficient (Wildman–Crippen LogP) is 4.68. The van der Waals surface area contributed by atoms with Gasteiger partial charge in [-0.3, -0.25) is 4.79 Å². The van der Waals surface area contributed by atoms with Gasteiger partial charge in [-0.1, -0.05) is 66.2 Å². The molecule has 0 saturated heterocycles. The Morgan fingerprint density at radius 1 is 1.03 bits per heavy atom. The molecule has 0 aliphatic carbocycles. The first kappa shape index (κ1) is 26.7. The van der Waals surface area contributed by atoms with Crippen molar-refractivity contribution in [2.24, 2.45) is 5.73 Å². The van der Waals surface area contributed by atoms with Crippen LogP contribution in [-0.4, -0.2) is 42.1 Å². The number of rotatable bonds is 9. The third-order valence-corrected chi connectivity index (χ3v) is 5.74. The van der Waals surface area contributed by atoms with Crippen LogP contribution in [0.5, 0.6) is 11.5 Å². The lowest BCUT2D eigenvalue weighted by Gasteiger charge is -2.17. The van der Waals surface area contributed by atoms with Crippen LogP contribution in [0.2, 0.25) is 5.02 Å². The molecule has 0 saturated carbocycles. The van der Waals surface area contributed by atoms with Crippen LogP contribution in [0.1, 0.15) is 27.5 Å². The molecule has 1 amide bonds. The fraction of sp³-hybridized carbons (Fsp3) is 0.143. The molecular formula is C28H28ClN3O4. The number of amides is 1. The monoisotopic (exact) mass is 505 g/mol. The summed E-state index contributed by atoms with van der Waals surface area (Å²) in [6.45, 7) is 1.17. The first-order valence-electron chi connectivity index (χ1n) is 11.3. The van der Waals surface area contributed by atoms with Crippen LogP contribution >= 0.6 is 11.6 Å². The number of aliphatic hydroxyl groups excluding tert-OH is 1. The zero-order valence-electron chi connectivity index (χ0n) is 19.5. The highest BCUT2D eigenvalue weighted by Gasteiger charge is 2.09. The number of aliphatic hydroxyl groups is 1. The van der Waals surface area contributed by atoms with E-state index in [4.69, 9.17) is 32.6 Å². The number of ether oxygens (including phenoxy) is 1. The van der Waals surface area contributed by atoms with Crippen LogP contribution in [0.25, 0.3) is 10.8 Å². The van der Waals surface area contributed by atoms with Gasteiger partial charge in [0.1, 0.15) is 18.1 Å². The first-order chi connectivity index (χ1) is 17.4. The number of fused-ring (bicyclic) bond motifs is 1. The molecule has 0 aliphatic rings. The van der Waals surface area contributed by atoms with Gasteiger partial charge in [0.2, 0.25) is 5.91 Å². The van der Waals surface area contributed by atoms with Gasteiger partial charge in [0.05, 0.1) is 17.7 Å². The number of benzene rings is 4. The number of nitrogens with one attached hydrogen (secondary N) is 2. The lowest BCUT2D eigenvalue weighted by Crippen LogP contribution is -2.28. The molecule has 0 radical (unpaired) electrons. The summed E-state index contributed by atoms with van der Waals surface area (Å²) >= 11 is 5.50. The van der Waals surface area contributed by atoms with Crippen LogP contribution in [0.3, 0.4) is 0 Å². The minimum atomic E-state index is -0.563. The molecule has 8 heteroatoms. The maximum atomic E-state index is 10.5. The average molecular weight is 506 g/mol. The van der Waals surface area contributed by atoms with Crippen molar-refractivity contribution >= 4 is 34.5 Å². The number of halogens is 1. The van der Waals surface area contributed by atoms with Crippen molar-refractivity contribution in [3.8, 4) is 11.5 Å². The minimum Gasteiger partial charge on any atom is -0.506 e. The number of hydrogen-bond acceptors (Lipinski definition) is 6. The summed E-state index contributed by atoms with van der Waals surface area (Å²) in [5.74, 6) is 0.187. The fourth-order valence-electron chi connectivity index (χ4n) is 3.57. The molecule has 1 atom stereocenters. The molecular weight excluding hydrogens is 478 g/mol. The molecule has 0 fully saturated rings. The summed E-state index contributed by atoms with van der Waals surface area (Å²) in [6, 6.07) is 25.6. The molecule has 4 aromatic carbocycles. The van der Waals surface area contributed by atoms with E-state index in [1.54, 1.807) is 0 Å². The molecule has 36 heavy (non-hydrogen) atoms. The van der Waals surface area contributed by atoms with E-state index >= 15 is 0 Å². The Bertz CT molecular complexity index is 1310. The van der Waals surface area contributed by atoms with Crippen molar-refractivity contribution in [2.45, 2.75) is 6.04 Å². The summed E-state index contributed by atoms with van der Waals surface area (Å²) in [5, 5.41) is 31.5. The van der Waals surface area contributed by atoms with Crippen LogP contribution in [0.4, 0.5) is 0 Å². The second-order valence-corrected chi connectivity index (χ2v) is 8.23. The summed E-state index contributed by atoms with van der Waals surface area (Å²) in [6.07, 6.45) is 1.36. The number of nitrogens with two attached hydrogens (primary N) is 1. The minimum absolute atomic E-state index is 0.0426. The maximum absolute atomic E-state index is 10.5. The van der Waals surface area contributed by atoms with Crippen molar-refractivity contribution in [3.05, 3.63) is 107 Å². The molecule has 0 spiro atoms. The molecule has 1 unspecified atom stereocenters. The summed E-state index contributed by atoms with van der Waals surface area (Å²) in [5.41, 5.74) is 7.18. The van der Waals surface area contributed by atoms with E-state index in [1.807, 2.05) is 66.7 Å². The Labute approximate surface area is 214 Å². The third-order valence-electron chi connectivity index (χ3n) is 5.44. The zero-order valence-corrected chi connectivity index (χ0v) is 20.3. The van der Waals surface area contributed by atoms with Crippen molar-refractivity contribution in [3.63, 3.8) is 0 Å². The van der Waals surface area contributed by atoms with E-state index in [9.17, 15) is 9.90 Å². The second-order valence-electron chi connectivity index (χ2n) is 7.82. The Kier molecular flexibility index (Phi) is 9.82. The van der Waals surface area contributed by atoms with Crippen molar-refractivity contribution in [2.75, 3.05) is 19.8 Å². The van der Waals surface area contributed by atoms with E-state index in [2.05, 4.69) is 5.32 Å². The number of aromatic hydroxyl groups is 1. The molecule has 4 rings (SSSR count). The van der Waals surface area contributed by atoms with Gasteiger partial charge in [-0.2, -0.15) is 0 Å².